The molecule has 0 saturated carbocycles. The van der Waals surface area contributed by atoms with Crippen LogP contribution in [0.4, 0.5) is 10.8 Å². The summed E-state index contributed by atoms with van der Waals surface area (Å²) in [6.07, 6.45) is 0. The lowest BCUT2D eigenvalue weighted by Crippen LogP contribution is -2.02. The molecule has 0 unspecified atom stereocenters. The summed E-state index contributed by atoms with van der Waals surface area (Å²) in [6, 6.07) is 9.58. The number of anilines is 2. The topological polar surface area (TPSA) is 79.9 Å². The molecule has 0 radical (unpaired) electrons. The molecule has 2 N–H and O–H groups in total. The Kier molecular flexibility index (Phi) is 5.95. The monoisotopic (exact) mass is 388 g/mol. The summed E-state index contributed by atoms with van der Waals surface area (Å²) in [5, 5.41) is 12.2. The number of carbonyl (C=O) groups excluding carboxylic acids is 1. The maximum atomic E-state index is 12.4. The van der Waals surface area contributed by atoms with E-state index < -0.39 is 0 Å². The Morgan fingerprint density at radius 1 is 1.31 bits per heavy atom. The Morgan fingerprint density at radius 3 is 2.85 bits per heavy atom. The van der Waals surface area contributed by atoms with Crippen LogP contribution in [0.3, 0.4) is 0 Å². The van der Waals surface area contributed by atoms with Crippen LogP contribution in [0, 0.1) is 13.8 Å². The summed E-state index contributed by atoms with van der Waals surface area (Å²) in [5.41, 5.74) is 3.48. The molecular weight excluding hydrogens is 368 g/mol. The van der Waals surface area contributed by atoms with Crippen molar-refractivity contribution in [3.05, 3.63) is 47.3 Å². The molecule has 0 saturated heterocycles. The normalized spacial score (nSPS) is 10.7. The van der Waals surface area contributed by atoms with Crippen molar-refractivity contribution < 1.29 is 9.53 Å². The molecule has 0 atom stereocenters. The molecule has 0 aliphatic carbocycles. The van der Waals surface area contributed by atoms with Crippen LogP contribution >= 0.6 is 23.1 Å². The number of hydrogen-bond donors (Lipinski definition) is 2. The highest BCUT2D eigenvalue weighted by atomic mass is 32.2. The van der Waals surface area contributed by atoms with Crippen molar-refractivity contribution in [3.63, 3.8) is 0 Å². The summed E-state index contributed by atoms with van der Waals surface area (Å²) >= 11 is 2.81. The lowest BCUT2D eigenvalue weighted by atomic mass is 10.2. The number of Topliss-reactive ketones (excluding diaryl/α,β-unsaturated/α-hetero) is 1. The van der Waals surface area contributed by atoms with Gasteiger partial charge in [0.1, 0.15) is 5.75 Å². The van der Waals surface area contributed by atoms with Gasteiger partial charge in [-0.2, -0.15) is 0 Å². The van der Waals surface area contributed by atoms with Crippen LogP contribution in [-0.4, -0.2) is 33.3 Å². The third-order valence-electron chi connectivity index (χ3n) is 3.61. The van der Waals surface area contributed by atoms with Crippen molar-refractivity contribution >= 4 is 39.7 Å². The summed E-state index contributed by atoms with van der Waals surface area (Å²) in [7, 11) is 0. The van der Waals surface area contributed by atoms with Crippen molar-refractivity contribution in [2.24, 2.45) is 0 Å². The molecule has 26 heavy (non-hydrogen) atoms. The predicted molar refractivity (Wildman–Crippen MR) is 106 cm³/mol. The van der Waals surface area contributed by atoms with Gasteiger partial charge in [-0.1, -0.05) is 35.2 Å². The van der Waals surface area contributed by atoms with Crippen LogP contribution in [0.25, 0.3) is 0 Å². The number of aryl methyl sites for hydroxylation is 2. The summed E-state index contributed by atoms with van der Waals surface area (Å²) in [4.78, 5) is 15.5. The fraction of sp³-hybridized carbons (Fsp3) is 0.278. The number of ketones is 1. The summed E-state index contributed by atoms with van der Waals surface area (Å²) in [5.74, 6) is 1.19. The Balaban J connectivity index is 1.62. The molecule has 3 rings (SSSR count). The first-order valence-corrected chi connectivity index (χ1v) is 10.0. The van der Waals surface area contributed by atoms with Gasteiger partial charge in [0.25, 0.3) is 0 Å². The first-order valence-electron chi connectivity index (χ1n) is 8.21. The van der Waals surface area contributed by atoms with Gasteiger partial charge in [-0.25, -0.2) is 0 Å². The van der Waals surface area contributed by atoms with Crippen molar-refractivity contribution in [2.45, 2.75) is 25.1 Å². The van der Waals surface area contributed by atoms with Crippen molar-refractivity contribution in [1.82, 2.24) is 15.2 Å². The molecular formula is C18H20N4O2S2. The molecule has 1 aromatic carbocycles. The van der Waals surface area contributed by atoms with Crippen LogP contribution < -0.4 is 10.1 Å². The second-order valence-corrected chi connectivity index (χ2v) is 7.83. The molecule has 3 aromatic rings. The zero-order chi connectivity index (χ0) is 18.5. The number of nitrogens with one attached hydrogen (secondary N) is 2. The van der Waals surface area contributed by atoms with Crippen molar-refractivity contribution in [1.29, 1.82) is 0 Å². The lowest BCUT2D eigenvalue weighted by Gasteiger charge is -2.09. The largest absolute Gasteiger partial charge is 0.492 e. The molecule has 0 amide bonds. The van der Waals surface area contributed by atoms with E-state index in [1.54, 1.807) is 0 Å². The van der Waals surface area contributed by atoms with E-state index in [2.05, 4.69) is 20.5 Å². The number of benzene rings is 1. The Labute approximate surface area is 160 Å². The number of carbonyl (C=O) groups is 1. The van der Waals surface area contributed by atoms with E-state index >= 15 is 0 Å². The van der Waals surface area contributed by atoms with Crippen LogP contribution in [0.2, 0.25) is 0 Å². The number of rotatable bonds is 8. The van der Waals surface area contributed by atoms with E-state index in [-0.39, 0.29) is 5.78 Å². The van der Waals surface area contributed by atoms with E-state index in [0.717, 1.165) is 32.7 Å². The fourth-order valence-electron chi connectivity index (χ4n) is 2.50. The highest BCUT2D eigenvalue weighted by Gasteiger charge is 2.14. The molecule has 136 valence electrons. The van der Waals surface area contributed by atoms with Crippen molar-refractivity contribution in [3.8, 4) is 5.75 Å². The molecule has 0 fully saturated rings. The average molecular weight is 389 g/mol. The van der Waals surface area contributed by atoms with Crippen LogP contribution in [0.1, 0.15) is 28.7 Å². The number of thioether (sulfide) groups is 1. The Morgan fingerprint density at radius 2 is 2.12 bits per heavy atom. The van der Waals surface area contributed by atoms with Gasteiger partial charge >= 0.3 is 0 Å². The minimum Gasteiger partial charge on any atom is -0.492 e. The maximum absolute atomic E-state index is 12.4. The average Bonchev–Trinajstić information content (AvgIpc) is 3.20. The third-order valence-corrected chi connectivity index (χ3v) is 5.58. The van der Waals surface area contributed by atoms with E-state index in [1.165, 1.54) is 23.1 Å². The highest BCUT2D eigenvalue weighted by Crippen LogP contribution is 2.32. The zero-order valence-corrected chi connectivity index (χ0v) is 16.5. The van der Waals surface area contributed by atoms with Gasteiger partial charge < -0.3 is 15.0 Å². The molecule has 0 bridgehead atoms. The van der Waals surface area contributed by atoms with Crippen LogP contribution in [-0.2, 0) is 0 Å². The molecule has 2 aromatic heterocycles. The zero-order valence-electron chi connectivity index (χ0n) is 14.8. The molecule has 0 aliphatic rings. The minimum absolute atomic E-state index is 0.0863. The number of hydrogen-bond acceptors (Lipinski definition) is 7. The van der Waals surface area contributed by atoms with Crippen molar-refractivity contribution in [2.75, 3.05) is 17.7 Å². The quantitative estimate of drug-likeness (QED) is 0.434. The molecule has 6 nitrogen and oxygen atoms in total. The van der Waals surface area contributed by atoms with E-state index in [9.17, 15) is 4.79 Å². The van der Waals surface area contributed by atoms with E-state index in [0.29, 0.717) is 17.5 Å². The minimum atomic E-state index is 0.0863. The second-order valence-electron chi connectivity index (χ2n) is 5.63. The lowest BCUT2D eigenvalue weighted by molar-refractivity contribution is 0.102. The highest BCUT2D eigenvalue weighted by molar-refractivity contribution is 8.01. The standard InChI is InChI=1S/C18H20N4O2S2/c1-4-24-16-8-6-5-7-14(16)20-17-21-22-18(26-17)25-10-15(23)13-9-11(2)19-12(13)3/h5-9,19H,4,10H2,1-3H3,(H,20,21). The van der Waals surface area contributed by atoms with Gasteiger partial charge in [0.15, 0.2) is 10.1 Å². The number of para-hydroxylation sites is 2. The second kappa shape index (κ2) is 8.37. The molecule has 0 aliphatic heterocycles. The number of nitrogens with zero attached hydrogens (tertiary/aromatic N) is 2. The molecule has 2 heterocycles. The maximum Gasteiger partial charge on any atom is 0.210 e. The first kappa shape index (κ1) is 18.5. The van der Waals surface area contributed by atoms with Gasteiger partial charge in [0, 0.05) is 17.0 Å². The molecule has 8 heteroatoms. The van der Waals surface area contributed by atoms with Gasteiger partial charge in [-0.05, 0) is 39.0 Å². The predicted octanol–water partition coefficient (Wildman–Crippen LogP) is 4.60. The fourth-order valence-corrected chi connectivity index (χ4v) is 4.15. The summed E-state index contributed by atoms with van der Waals surface area (Å²) in [6.45, 7) is 6.39. The third kappa shape index (κ3) is 4.44. The smallest absolute Gasteiger partial charge is 0.210 e. The Hall–Kier alpha value is -2.32. The van der Waals surface area contributed by atoms with E-state index in [4.69, 9.17) is 4.74 Å². The first-order chi connectivity index (χ1) is 12.6. The number of aromatic nitrogens is 3. The molecule has 0 spiro atoms. The van der Waals surface area contributed by atoms with Gasteiger partial charge in [0.05, 0.1) is 18.0 Å². The van der Waals surface area contributed by atoms with Gasteiger partial charge in [0.2, 0.25) is 5.13 Å². The Bertz CT molecular complexity index is 904. The SMILES string of the molecule is CCOc1ccccc1Nc1nnc(SCC(=O)c2cc(C)[nH]c2C)s1. The summed E-state index contributed by atoms with van der Waals surface area (Å²) < 4.78 is 6.35. The number of H-pyrrole nitrogens is 1. The number of ether oxygens (including phenoxy) is 1. The van der Waals surface area contributed by atoms with Crippen LogP contribution in [0.5, 0.6) is 5.75 Å². The van der Waals surface area contributed by atoms with Crippen LogP contribution in [0.15, 0.2) is 34.7 Å². The van der Waals surface area contributed by atoms with Gasteiger partial charge in [-0.3, -0.25) is 4.79 Å². The van der Waals surface area contributed by atoms with E-state index in [1.807, 2.05) is 51.1 Å². The number of aromatic amines is 1. The van der Waals surface area contributed by atoms with Gasteiger partial charge in [-0.15, -0.1) is 10.2 Å².